The predicted molar refractivity (Wildman–Crippen MR) is 178 cm³/mol. The van der Waals surface area contributed by atoms with Crippen LogP contribution in [0.25, 0.3) is 0 Å². The van der Waals surface area contributed by atoms with Crippen molar-refractivity contribution in [1.82, 2.24) is 5.32 Å². The zero-order chi connectivity index (χ0) is 34.3. The Bertz CT molecular complexity index is 1460. The van der Waals surface area contributed by atoms with Gasteiger partial charge >= 0.3 is 11.9 Å². The van der Waals surface area contributed by atoms with E-state index in [1.165, 1.54) is 12.1 Å². The quantitative estimate of drug-likeness (QED) is 0.210. The lowest BCUT2D eigenvalue weighted by atomic mass is 9.32. The predicted octanol–water partition coefficient (Wildman–Crippen LogP) is 6.59. The van der Waals surface area contributed by atoms with Crippen molar-refractivity contribution >= 4 is 17.8 Å². The van der Waals surface area contributed by atoms with E-state index in [-0.39, 0.29) is 58.0 Å². The number of carbonyl (C=O) groups excluding carboxylic acids is 1. The number of benzene rings is 1. The first-order valence-electron chi connectivity index (χ1n) is 17.8. The number of aliphatic carboxylic acids is 2. The highest BCUT2D eigenvalue weighted by Gasteiger charge is 2.73. The molecule has 5 aliphatic rings. The maximum atomic E-state index is 14.6. The van der Waals surface area contributed by atoms with Crippen LogP contribution in [0.15, 0.2) is 36.4 Å². The number of phenolic OH excluding ortho intramolecular Hbond substituents is 1. The van der Waals surface area contributed by atoms with Gasteiger partial charge in [0, 0.05) is 6.42 Å². The van der Waals surface area contributed by atoms with Gasteiger partial charge < -0.3 is 25.7 Å². The Morgan fingerprint density at radius 1 is 0.872 bits per heavy atom. The molecule has 0 heterocycles. The Labute approximate surface area is 279 Å². The van der Waals surface area contributed by atoms with Gasteiger partial charge in [0.15, 0.2) is 0 Å². The summed E-state index contributed by atoms with van der Waals surface area (Å²) in [4.78, 5) is 39.7. The summed E-state index contributed by atoms with van der Waals surface area (Å²) in [7, 11) is 0. The zero-order valence-corrected chi connectivity index (χ0v) is 28.8. The number of nitrogens with one attached hydrogen (secondary N) is 1. The molecular formula is C39H55NO7. The van der Waals surface area contributed by atoms with Crippen LogP contribution in [0.3, 0.4) is 0 Å². The SMILES string of the molecule is C=C(C)[C@@H]1CC[C@]2(C(=O)N[C@@H](Cc3ccc(O)cc3)C(=O)O)CC[C@]3(C)[C@H](CC[C@@H]4[C@@]5(C)CC[C@@H](O)[C@@](C)(C(=O)O)[C@@H]5CC[C@]43C)[C@@H]12. The second kappa shape index (κ2) is 11.3. The maximum Gasteiger partial charge on any atom is 0.326 e. The van der Waals surface area contributed by atoms with Gasteiger partial charge in [0.1, 0.15) is 11.8 Å². The molecule has 0 spiro atoms. The molecule has 1 aromatic rings. The van der Waals surface area contributed by atoms with Crippen molar-refractivity contribution in [3.05, 3.63) is 42.0 Å². The molecule has 258 valence electrons. The number of fused-ring (bicyclic) bond motifs is 7. The van der Waals surface area contributed by atoms with Gasteiger partial charge in [0.05, 0.1) is 16.9 Å². The van der Waals surface area contributed by atoms with Crippen LogP contribution < -0.4 is 5.32 Å². The molecule has 5 saturated carbocycles. The van der Waals surface area contributed by atoms with Crippen molar-refractivity contribution in [1.29, 1.82) is 0 Å². The number of allylic oxidation sites excluding steroid dienone is 1. The molecule has 1 aromatic carbocycles. The maximum absolute atomic E-state index is 14.6. The molecule has 0 radical (unpaired) electrons. The number of hydrogen-bond acceptors (Lipinski definition) is 5. The number of aliphatic hydroxyl groups excluding tert-OH is 1. The molecule has 5 aliphatic carbocycles. The minimum Gasteiger partial charge on any atom is -0.508 e. The van der Waals surface area contributed by atoms with Gasteiger partial charge in [-0.25, -0.2) is 4.79 Å². The number of carboxylic acid groups (broad SMARTS) is 2. The van der Waals surface area contributed by atoms with E-state index in [2.05, 4.69) is 39.6 Å². The van der Waals surface area contributed by atoms with Crippen LogP contribution in [-0.4, -0.2) is 50.4 Å². The molecule has 8 nitrogen and oxygen atoms in total. The van der Waals surface area contributed by atoms with Crippen LogP contribution in [0.5, 0.6) is 5.75 Å². The van der Waals surface area contributed by atoms with E-state index in [4.69, 9.17) is 0 Å². The highest BCUT2D eigenvalue weighted by Crippen LogP contribution is 2.77. The third-order valence-corrected chi connectivity index (χ3v) is 15.6. The van der Waals surface area contributed by atoms with E-state index in [1.54, 1.807) is 19.1 Å². The Kier molecular flexibility index (Phi) is 8.21. The van der Waals surface area contributed by atoms with Crippen molar-refractivity contribution in [3.63, 3.8) is 0 Å². The smallest absolute Gasteiger partial charge is 0.326 e. The van der Waals surface area contributed by atoms with Crippen molar-refractivity contribution in [2.24, 2.45) is 56.7 Å². The van der Waals surface area contributed by atoms with Crippen LogP contribution in [0.4, 0.5) is 0 Å². The molecule has 8 heteroatoms. The van der Waals surface area contributed by atoms with Crippen molar-refractivity contribution < 1.29 is 34.8 Å². The van der Waals surface area contributed by atoms with Crippen molar-refractivity contribution in [2.75, 3.05) is 0 Å². The second-order valence-electron chi connectivity index (χ2n) is 17.2. The minimum atomic E-state index is -1.16. The summed E-state index contributed by atoms with van der Waals surface area (Å²) in [5, 5.41) is 44.3. The fraction of sp³-hybridized carbons (Fsp3) is 0.718. The first kappa shape index (κ1) is 34.0. The van der Waals surface area contributed by atoms with E-state index in [1.807, 2.05) is 0 Å². The molecule has 6 rings (SSSR count). The summed E-state index contributed by atoms with van der Waals surface area (Å²) in [6.07, 6.45) is 7.34. The summed E-state index contributed by atoms with van der Waals surface area (Å²) in [5.41, 5.74) is -0.349. The summed E-state index contributed by atoms with van der Waals surface area (Å²) >= 11 is 0. The lowest BCUT2D eigenvalue weighted by Gasteiger charge is -2.72. The molecule has 0 unspecified atom stereocenters. The van der Waals surface area contributed by atoms with Gasteiger partial charge in [-0.1, -0.05) is 45.1 Å². The largest absolute Gasteiger partial charge is 0.508 e. The number of amides is 1. The number of aromatic hydroxyl groups is 1. The highest BCUT2D eigenvalue weighted by atomic mass is 16.4. The van der Waals surface area contributed by atoms with Gasteiger partial charge in [0.25, 0.3) is 0 Å². The molecular weight excluding hydrogens is 594 g/mol. The standard InChI is InChI=1S/C39H55NO7/c1-22(2)25-13-18-39(33(45)40-27(32(43)44)21-23-7-9-24(41)10-8-23)20-19-36(4)26(31(25)39)11-12-28-35(3)16-15-30(42)38(6,34(46)47)29(35)14-17-37(28,36)5/h7-10,25-31,41-42H,1,11-21H2,2-6H3,(H,40,45)(H,43,44)(H,46,47)/t25-,26+,27-,28+,29+,30+,31+,35+,36+,37+,38-,39-/m0/s1. The minimum absolute atomic E-state index is 0.0580. The Morgan fingerprint density at radius 3 is 2.17 bits per heavy atom. The van der Waals surface area contributed by atoms with Crippen LogP contribution >= 0.6 is 0 Å². The highest BCUT2D eigenvalue weighted by molar-refractivity contribution is 5.88. The van der Waals surface area contributed by atoms with E-state index < -0.39 is 34.9 Å². The number of phenols is 1. The van der Waals surface area contributed by atoms with Gasteiger partial charge in [-0.2, -0.15) is 0 Å². The van der Waals surface area contributed by atoms with Gasteiger partial charge in [-0.3, -0.25) is 9.59 Å². The molecule has 5 N–H and O–H groups in total. The molecule has 12 atom stereocenters. The summed E-state index contributed by atoms with van der Waals surface area (Å²) in [6, 6.07) is 5.37. The van der Waals surface area contributed by atoms with Crippen LogP contribution in [0, 0.1) is 56.7 Å². The third kappa shape index (κ3) is 4.74. The first-order valence-corrected chi connectivity index (χ1v) is 17.8. The average Bonchev–Trinajstić information content (AvgIpc) is 3.41. The fourth-order valence-corrected chi connectivity index (χ4v) is 12.9. The zero-order valence-electron chi connectivity index (χ0n) is 28.8. The number of hydrogen-bond donors (Lipinski definition) is 5. The summed E-state index contributed by atoms with van der Waals surface area (Å²) in [5.74, 6) is -1.30. The van der Waals surface area contributed by atoms with E-state index in [9.17, 15) is 34.8 Å². The molecule has 1 amide bonds. The molecule has 0 bridgehead atoms. The Morgan fingerprint density at radius 2 is 1.55 bits per heavy atom. The molecule has 0 saturated heterocycles. The molecule has 47 heavy (non-hydrogen) atoms. The van der Waals surface area contributed by atoms with Crippen molar-refractivity contribution in [3.8, 4) is 5.75 Å². The lowest BCUT2D eigenvalue weighted by Crippen LogP contribution is -2.68. The monoisotopic (exact) mass is 649 g/mol. The number of rotatable bonds is 7. The second-order valence-corrected chi connectivity index (χ2v) is 17.2. The van der Waals surface area contributed by atoms with Gasteiger partial charge in [-0.05, 0) is 142 Å². The van der Waals surface area contributed by atoms with Crippen LogP contribution in [0.2, 0.25) is 0 Å². The van der Waals surface area contributed by atoms with Gasteiger partial charge in [-0.15, -0.1) is 0 Å². The third-order valence-electron chi connectivity index (χ3n) is 15.6. The Balaban J connectivity index is 1.33. The molecule has 0 aromatic heterocycles. The van der Waals surface area contributed by atoms with Gasteiger partial charge in [0.2, 0.25) is 5.91 Å². The van der Waals surface area contributed by atoms with Crippen molar-refractivity contribution in [2.45, 2.75) is 117 Å². The van der Waals surface area contributed by atoms with Crippen LogP contribution in [-0.2, 0) is 20.8 Å². The van der Waals surface area contributed by atoms with Crippen LogP contribution in [0.1, 0.15) is 104 Å². The number of aliphatic hydroxyl groups is 1. The van der Waals surface area contributed by atoms with E-state index in [0.29, 0.717) is 25.2 Å². The van der Waals surface area contributed by atoms with E-state index >= 15 is 0 Å². The number of carboxylic acids is 2. The normalized spacial score (nSPS) is 44.6. The summed E-state index contributed by atoms with van der Waals surface area (Å²) < 4.78 is 0. The van der Waals surface area contributed by atoms with E-state index in [0.717, 1.165) is 56.1 Å². The fourth-order valence-electron chi connectivity index (χ4n) is 12.9. The lowest BCUT2D eigenvalue weighted by molar-refractivity contribution is -0.249. The Hall–Kier alpha value is -2.87. The topological polar surface area (TPSA) is 144 Å². The molecule has 5 fully saturated rings. The molecule has 0 aliphatic heterocycles. The average molecular weight is 650 g/mol. The summed E-state index contributed by atoms with van der Waals surface area (Å²) in [6.45, 7) is 15.5. The first-order chi connectivity index (χ1) is 22.0. The number of carbonyl (C=O) groups is 3.